The van der Waals surface area contributed by atoms with E-state index in [1.54, 1.807) is 23.1 Å². The molecule has 2 amide bonds. The number of nitrogens with zero attached hydrogens (tertiary/aromatic N) is 4. The van der Waals surface area contributed by atoms with Gasteiger partial charge in [-0.05, 0) is 49.4 Å². The number of thiophene rings is 1. The quantitative estimate of drug-likeness (QED) is 0.514. The smallest absolute Gasteiger partial charge is 0.254 e. The molecule has 0 saturated carbocycles. The first kappa shape index (κ1) is 20.4. The summed E-state index contributed by atoms with van der Waals surface area (Å²) in [5, 5.41) is 12.1. The molecule has 0 spiro atoms. The van der Waals surface area contributed by atoms with E-state index in [2.05, 4.69) is 15.4 Å². The Balaban J connectivity index is 1.38. The first-order valence-corrected chi connectivity index (χ1v) is 11.5. The van der Waals surface area contributed by atoms with Crippen molar-refractivity contribution >= 4 is 34.2 Å². The second-order valence-electron chi connectivity index (χ2n) is 7.99. The Morgan fingerprint density at radius 3 is 2.75 bits per heavy atom. The van der Waals surface area contributed by atoms with Gasteiger partial charge in [0.2, 0.25) is 0 Å². The van der Waals surface area contributed by atoms with E-state index in [9.17, 15) is 9.59 Å². The van der Waals surface area contributed by atoms with Crippen molar-refractivity contribution in [1.82, 2.24) is 25.0 Å². The van der Waals surface area contributed by atoms with Gasteiger partial charge in [-0.2, -0.15) is 16.4 Å². The highest BCUT2D eigenvalue weighted by molar-refractivity contribution is 7.08. The van der Waals surface area contributed by atoms with Gasteiger partial charge in [-0.25, -0.2) is 4.98 Å². The highest BCUT2D eigenvalue weighted by Crippen LogP contribution is 2.28. The number of hydrogen-bond donors (Lipinski definition) is 1. The molecule has 5 rings (SSSR count). The van der Waals surface area contributed by atoms with Crippen molar-refractivity contribution in [2.45, 2.75) is 25.8 Å². The number of fused-ring (bicyclic) bond motifs is 1. The van der Waals surface area contributed by atoms with Crippen molar-refractivity contribution < 1.29 is 14.0 Å². The van der Waals surface area contributed by atoms with Gasteiger partial charge in [0, 0.05) is 37.1 Å². The molecule has 0 aliphatic carbocycles. The second-order valence-corrected chi connectivity index (χ2v) is 8.77. The molecule has 164 valence electrons. The van der Waals surface area contributed by atoms with Crippen molar-refractivity contribution in [3.05, 3.63) is 58.1 Å². The van der Waals surface area contributed by atoms with Crippen molar-refractivity contribution in [2.24, 2.45) is 7.05 Å². The monoisotopic (exact) mass is 449 g/mol. The number of amides is 2. The molecule has 0 aromatic carbocycles. The van der Waals surface area contributed by atoms with Crippen molar-refractivity contribution in [3.63, 3.8) is 0 Å². The Morgan fingerprint density at radius 2 is 2.06 bits per heavy atom. The zero-order chi connectivity index (χ0) is 22.2. The van der Waals surface area contributed by atoms with E-state index < -0.39 is 0 Å². The summed E-state index contributed by atoms with van der Waals surface area (Å²) in [6.45, 7) is 3.04. The summed E-state index contributed by atoms with van der Waals surface area (Å²) in [5.74, 6) is 0.500. The van der Waals surface area contributed by atoms with E-state index in [0.717, 1.165) is 11.1 Å². The van der Waals surface area contributed by atoms with Gasteiger partial charge in [-0.1, -0.05) is 0 Å². The predicted octanol–water partition coefficient (Wildman–Crippen LogP) is 3.63. The van der Waals surface area contributed by atoms with Gasteiger partial charge in [0.15, 0.2) is 11.4 Å². The molecule has 1 N–H and O–H groups in total. The first-order valence-electron chi connectivity index (χ1n) is 10.5. The average molecular weight is 450 g/mol. The molecule has 4 aromatic rings. The van der Waals surface area contributed by atoms with Crippen LogP contribution in [0.3, 0.4) is 0 Å². The van der Waals surface area contributed by atoms with Gasteiger partial charge >= 0.3 is 0 Å². The topological polar surface area (TPSA) is 93.3 Å². The number of nitrogens with one attached hydrogen (secondary N) is 1. The Morgan fingerprint density at radius 1 is 1.25 bits per heavy atom. The third-order valence-corrected chi connectivity index (χ3v) is 6.56. The van der Waals surface area contributed by atoms with Crippen LogP contribution in [0.2, 0.25) is 0 Å². The van der Waals surface area contributed by atoms with Crippen LogP contribution in [0.5, 0.6) is 0 Å². The minimum Gasteiger partial charge on any atom is -0.463 e. The third-order valence-electron chi connectivity index (χ3n) is 5.87. The fourth-order valence-corrected chi connectivity index (χ4v) is 4.86. The number of furan rings is 1. The van der Waals surface area contributed by atoms with E-state index in [1.807, 2.05) is 41.8 Å². The Hall–Kier alpha value is -3.46. The highest BCUT2D eigenvalue weighted by Gasteiger charge is 2.28. The lowest BCUT2D eigenvalue weighted by molar-refractivity contribution is 0.0700. The van der Waals surface area contributed by atoms with Crippen LogP contribution < -0.4 is 5.32 Å². The van der Waals surface area contributed by atoms with E-state index in [0.29, 0.717) is 54.2 Å². The number of pyridine rings is 1. The number of carbonyl (C=O) groups excluding carboxylic acids is 2. The van der Waals surface area contributed by atoms with Gasteiger partial charge in [0.1, 0.15) is 5.69 Å². The summed E-state index contributed by atoms with van der Waals surface area (Å²) in [5.41, 5.74) is 3.28. The average Bonchev–Trinajstić information content (AvgIpc) is 3.56. The van der Waals surface area contributed by atoms with Crippen LogP contribution >= 0.6 is 11.3 Å². The molecule has 4 aromatic heterocycles. The summed E-state index contributed by atoms with van der Waals surface area (Å²) in [6, 6.07) is 7.30. The Labute approximate surface area is 188 Å². The van der Waals surface area contributed by atoms with Crippen LogP contribution in [-0.2, 0) is 7.05 Å². The Kier molecular flexibility index (Phi) is 5.26. The molecule has 0 bridgehead atoms. The maximum absolute atomic E-state index is 13.6. The lowest BCUT2D eigenvalue weighted by Crippen LogP contribution is -2.46. The van der Waals surface area contributed by atoms with E-state index in [-0.39, 0.29) is 17.9 Å². The van der Waals surface area contributed by atoms with Gasteiger partial charge in [0.25, 0.3) is 11.8 Å². The summed E-state index contributed by atoms with van der Waals surface area (Å²) in [4.78, 5) is 32.4. The summed E-state index contributed by atoms with van der Waals surface area (Å²) in [6.07, 6.45) is 3.02. The Bertz CT molecular complexity index is 1270. The first-order chi connectivity index (χ1) is 15.5. The van der Waals surface area contributed by atoms with Crippen molar-refractivity contribution in [1.29, 1.82) is 0 Å². The van der Waals surface area contributed by atoms with E-state index >= 15 is 0 Å². The molecule has 32 heavy (non-hydrogen) atoms. The second kappa shape index (κ2) is 8.23. The molecule has 0 unspecified atom stereocenters. The number of aryl methyl sites for hydroxylation is 2. The van der Waals surface area contributed by atoms with Crippen LogP contribution in [-0.4, -0.2) is 50.6 Å². The summed E-state index contributed by atoms with van der Waals surface area (Å²) in [7, 11) is 1.82. The number of aromatic nitrogens is 3. The number of rotatable bonds is 4. The van der Waals surface area contributed by atoms with Crippen LogP contribution in [0.25, 0.3) is 22.5 Å². The fraction of sp³-hybridized carbons (Fsp3) is 0.304. The van der Waals surface area contributed by atoms with Gasteiger partial charge in [0.05, 0.1) is 22.9 Å². The molecule has 5 heterocycles. The molecule has 1 saturated heterocycles. The van der Waals surface area contributed by atoms with Gasteiger partial charge in [-0.3, -0.25) is 14.3 Å². The number of carbonyl (C=O) groups is 2. The molecular formula is C23H23N5O3S. The van der Waals surface area contributed by atoms with Crippen LogP contribution in [0.1, 0.15) is 39.3 Å². The standard InChI is InChI=1S/C23H23N5O3S/c1-14-20-17(12-18(19-4-3-10-31-19)25-21(20)27(2)26-14)23(30)28-8-5-16(6-9-28)24-22(29)15-7-11-32-13-15/h3-4,7,10-13,16H,5-6,8-9H2,1-2H3,(H,24,29). The molecule has 1 aliphatic heterocycles. The minimum atomic E-state index is -0.0547. The lowest BCUT2D eigenvalue weighted by Gasteiger charge is -2.32. The lowest BCUT2D eigenvalue weighted by atomic mass is 10.0. The molecule has 1 aliphatic rings. The maximum atomic E-state index is 13.6. The van der Waals surface area contributed by atoms with Gasteiger partial charge < -0.3 is 14.6 Å². The predicted molar refractivity (Wildman–Crippen MR) is 122 cm³/mol. The van der Waals surface area contributed by atoms with Crippen LogP contribution in [0, 0.1) is 6.92 Å². The maximum Gasteiger partial charge on any atom is 0.254 e. The number of hydrogen-bond acceptors (Lipinski definition) is 6. The summed E-state index contributed by atoms with van der Waals surface area (Å²) >= 11 is 1.50. The molecule has 1 fully saturated rings. The molecule has 9 heteroatoms. The zero-order valence-corrected chi connectivity index (χ0v) is 18.7. The van der Waals surface area contributed by atoms with Crippen LogP contribution in [0.4, 0.5) is 0 Å². The van der Waals surface area contributed by atoms with Gasteiger partial charge in [-0.15, -0.1) is 0 Å². The normalized spacial score (nSPS) is 14.8. The fourth-order valence-electron chi connectivity index (χ4n) is 4.22. The number of likely N-dealkylation sites (tertiary alicyclic amines) is 1. The molecule has 0 atom stereocenters. The number of piperidine rings is 1. The van der Waals surface area contributed by atoms with E-state index in [1.165, 1.54) is 11.3 Å². The van der Waals surface area contributed by atoms with Crippen molar-refractivity contribution in [3.8, 4) is 11.5 Å². The summed E-state index contributed by atoms with van der Waals surface area (Å²) < 4.78 is 7.22. The van der Waals surface area contributed by atoms with Crippen LogP contribution in [0.15, 0.2) is 45.7 Å². The zero-order valence-electron chi connectivity index (χ0n) is 17.9. The molecule has 8 nitrogen and oxygen atoms in total. The molecular weight excluding hydrogens is 426 g/mol. The van der Waals surface area contributed by atoms with Crippen molar-refractivity contribution in [2.75, 3.05) is 13.1 Å². The third kappa shape index (κ3) is 3.69. The highest BCUT2D eigenvalue weighted by atomic mass is 32.1. The largest absolute Gasteiger partial charge is 0.463 e. The minimum absolute atomic E-state index is 0.0519. The molecule has 0 radical (unpaired) electrons. The van der Waals surface area contributed by atoms with E-state index in [4.69, 9.17) is 4.42 Å². The SMILES string of the molecule is Cc1nn(C)c2nc(-c3ccco3)cc(C(=O)N3CCC(NC(=O)c4ccsc4)CC3)c12.